The zero-order chi connectivity index (χ0) is 20.5. The molecule has 1 amide bonds. The lowest BCUT2D eigenvalue weighted by molar-refractivity contribution is 0.0955. The molecule has 5 rings (SSSR count). The number of amides is 1. The number of fused-ring (bicyclic) bond motifs is 2. The summed E-state index contributed by atoms with van der Waals surface area (Å²) < 4.78 is 0. The standard InChI is InChI=1S/C24H19N5O/c1-15-19(18-9-5-6-10-20(18)26-15)14-25-29-24(30)17-11-12-21-22(13-17)28-23(27-21)16-7-3-2-4-8-16/h2-14,26H,1H3,(H,27,28)(H,29,30)/b25-14+. The van der Waals surface area contributed by atoms with E-state index in [4.69, 9.17) is 0 Å². The smallest absolute Gasteiger partial charge is 0.271 e. The maximum Gasteiger partial charge on any atom is 0.271 e. The number of benzene rings is 3. The minimum atomic E-state index is -0.276. The first-order chi connectivity index (χ1) is 14.7. The Bertz CT molecular complexity index is 1400. The Labute approximate surface area is 172 Å². The predicted molar refractivity (Wildman–Crippen MR) is 120 cm³/mol. The second kappa shape index (κ2) is 7.33. The Balaban J connectivity index is 1.37. The molecule has 0 aliphatic rings. The topological polar surface area (TPSA) is 85.9 Å². The summed E-state index contributed by atoms with van der Waals surface area (Å²) in [5.74, 6) is 0.498. The molecule has 0 radical (unpaired) electrons. The van der Waals surface area contributed by atoms with E-state index in [0.717, 1.165) is 44.6 Å². The lowest BCUT2D eigenvalue weighted by Crippen LogP contribution is -2.17. The van der Waals surface area contributed by atoms with Gasteiger partial charge in [-0.15, -0.1) is 0 Å². The van der Waals surface area contributed by atoms with E-state index in [9.17, 15) is 4.79 Å². The van der Waals surface area contributed by atoms with Gasteiger partial charge in [-0.2, -0.15) is 5.10 Å². The number of hydrogen-bond donors (Lipinski definition) is 3. The van der Waals surface area contributed by atoms with E-state index in [1.807, 2.05) is 67.6 Å². The molecule has 30 heavy (non-hydrogen) atoms. The van der Waals surface area contributed by atoms with Gasteiger partial charge in [-0.25, -0.2) is 10.4 Å². The van der Waals surface area contributed by atoms with Crippen molar-refractivity contribution in [1.82, 2.24) is 20.4 Å². The normalized spacial score (nSPS) is 11.5. The quantitative estimate of drug-likeness (QED) is 0.303. The number of rotatable bonds is 4. The van der Waals surface area contributed by atoms with Gasteiger partial charge in [-0.05, 0) is 31.2 Å². The van der Waals surface area contributed by atoms with Crippen LogP contribution in [0.3, 0.4) is 0 Å². The van der Waals surface area contributed by atoms with Gasteiger partial charge in [0, 0.05) is 33.3 Å². The van der Waals surface area contributed by atoms with Crippen molar-refractivity contribution in [2.24, 2.45) is 5.10 Å². The average Bonchev–Trinajstić information content (AvgIpc) is 3.34. The van der Waals surface area contributed by atoms with Gasteiger partial charge in [0.25, 0.3) is 5.91 Å². The number of imidazole rings is 1. The summed E-state index contributed by atoms with van der Waals surface area (Å²) in [6.45, 7) is 1.99. The maximum atomic E-state index is 12.6. The fourth-order valence-electron chi connectivity index (χ4n) is 3.57. The molecule has 6 nitrogen and oxygen atoms in total. The third-order valence-electron chi connectivity index (χ3n) is 5.09. The van der Waals surface area contributed by atoms with Crippen molar-refractivity contribution in [3.05, 3.63) is 89.6 Å². The predicted octanol–water partition coefficient (Wildman–Crippen LogP) is 4.78. The molecule has 0 aliphatic heterocycles. The van der Waals surface area contributed by atoms with Crippen LogP contribution < -0.4 is 5.43 Å². The van der Waals surface area contributed by atoms with E-state index < -0.39 is 0 Å². The van der Waals surface area contributed by atoms with Gasteiger partial charge in [-0.3, -0.25) is 4.79 Å². The van der Waals surface area contributed by atoms with Crippen LogP contribution in [0.1, 0.15) is 21.6 Å². The van der Waals surface area contributed by atoms with Crippen LogP contribution in [0.15, 0.2) is 77.9 Å². The Morgan fingerprint density at radius 3 is 2.63 bits per heavy atom. The number of aromatic nitrogens is 3. The second-order valence-corrected chi connectivity index (χ2v) is 7.09. The SMILES string of the molecule is Cc1[nH]c2ccccc2c1/C=N/NC(=O)c1ccc2nc(-c3ccccc3)[nH]c2c1. The Morgan fingerprint density at radius 1 is 0.967 bits per heavy atom. The highest BCUT2D eigenvalue weighted by atomic mass is 16.2. The molecule has 0 spiro atoms. The number of nitrogens with one attached hydrogen (secondary N) is 3. The summed E-state index contributed by atoms with van der Waals surface area (Å²) in [5, 5.41) is 5.23. The summed E-state index contributed by atoms with van der Waals surface area (Å²) in [5.41, 5.74) is 8.74. The third-order valence-corrected chi connectivity index (χ3v) is 5.09. The zero-order valence-electron chi connectivity index (χ0n) is 16.3. The van der Waals surface area contributed by atoms with Gasteiger partial charge >= 0.3 is 0 Å². The number of carbonyl (C=O) groups is 1. The second-order valence-electron chi connectivity index (χ2n) is 7.09. The Hall–Kier alpha value is -4.19. The van der Waals surface area contributed by atoms with Gasteiger partial charge in [0.15, 0.2) is 0 Å². The molecule has 0 unspecified atom stereocenters. The maximum absolute atomic E-state index is 12.6. The van der Waals surface area contributed by atoms with E-state index in [1.165, 1.54) is 0 Å². The number of para-hydroxylation sites is 1. The van der Waals surface area contributed by atoms with Crippen LogP contribution in [0.25, 0.3) is 33.3 Å². The largest absolute Gasteiger partial charge is 0.358 e. The molecule has 6 heteroatoms. The molecule has 5 aromatic rings. The van der Waals surface area contributed by atoms with Crippen LogP contribution in [-0.2, 0) is 0 Å². The number of carbonyl (C=O) groups excluding carboxylic acids is 1. The van der Waals surface area contributed by atoms with E-state index in [-0.39, 0.29) is 5.91 Å². The first-order valence-electron chi connectivity index (χ1n) is 9.65. The zero-order valence-corrected chi connectivity index (χ0v) is 16.3. The molecule has 0 bridgehead atoms. The summed E-state index contributed by atoms with van der Waals surface area (Å²) in [4.78, 5) is 23.8. The highest BCUT2D eigenvalue weighted by molar-refractivity contribution is 6.02. The van der Waals surface area contributed by atoms with E-state index in [1.54, 1.807) is 18.3 Å². The van der Waals surface area contributed by atoms with Crippen molar-refractivity contribution in [1.29, 1.82) is 0 Å². The Morgan fingerprint density at radius 2 is 1.77 bits per heavy atom. The highest BCUT2D eigenvalue weighted by Gasteiger charge is 2.10. The summed E-state index contributed by atoms with van der Waals surface area (Å²) >= 11 is 0. The fraction of sp³-hybridized carbons (Fsp3) is 0.0417. The van der Waals surface area contributed by atoms with Gasteiger partial charge in [0.2, 0.25) is 0 Å². The third kappa shape index (κ3) is 3.24. The summed E-state index contributed by atoms with van der Waals surface area (Å²) in [6, 6.07) is 23.3. The van der Waals surface area contributed by atoms with E-state index in [2.05, 4.69) is 25.5 Å². The molecule has 0 fully saturated rings. The molecular formula is C24H19N5O. The lowest BCUT2D eigenvalue weighted by Gasteiger charge is -2.00. The van der Waals surface area contributed by atoms with Crippen molar-refractivity contribution in [3.63, 3.8) is 0 Å². The Kier molecular flexibility index (Phi) is 4.37. The van der Waals surface area contributed by atoms with Crippen LogP contribution in [0, 0.1) is 6.92 Å². The number of aryl methyl sites for hydroxylation is 1. The van der Waals surface area contributed by atoms with Gasteiger partial charge in [-0.1, -0.05) is 48.5 Å². The first-order valence-corrected chi connectivity index (χ1v) is 9.65. The van der Waals surface area contributed by atoms with Crippen molar-refractivity contribution in [2.75, 3.05) is 0 Å². The minimum Gasteiger partial charge on any atom is -0.358 e. The van der Waals surface area contributed by atoms with E-state index in [0.29, 0.717) is 5.56 Å². The minimum absolute atomic E-state index is 0.276. The van der Waals surface area contributed by atoms with Gasteiger partial charge in [0.05, 0.1) is 17.2 Å². The molecule has 0 atom stereocenters. The molecule has 146 valence electrons. The van der Waals surface area contributed by atoms with Crippen LogP contribution >= 0.6 is 0 Å². The highest BCUT2D eigenvalue weighted by Crippen LogP contribution is 2.22. The number of aromatic amines is 2. The number of hydrazone groups is 1. The summed E-state index contributed by atoms with van der Waals surface area (Å²) in [7, 11) is 0. The van der Waals surface area contributed by atoms with Crippen LogP contribution in [-0.4, -0.2) is 27.1 Å². The molecule has 3 aromatic carbocycles. The number of hydrogen-bond acceptors (Lipinski definition) is 3. The van der Waals surface area contributed by atoms with Crippen molar-refractivity contribution in [3.8, 4) is 11.4 Å². The van der Waals surface area contributed by atoms with Crippen LogP contribution in [0.2, 0.25) is 0 Å². The monoisotopic (exact) mass is 393 g/mol. The van der Waals surface area contributed by atoms with Crippen molar-refractivity contribution in [2.45, 2.75) is 6.92 Å². The first kappa shape index (κ1) is 17.9. The molecule has 0 saturated carbocycles. The number of H-pyrrole nitrogens is 2. The molecule has 3 N–H and O–H groups in total. The fourth-order valence-corrected chi connectivity index (χ4v) is 3.57. The summed E-state index contributed by atoms with van der Waals surface area (Å²) in [6.07, 6.45) is 1.67. The van der Waals surface area contributed by atoms with Gasteiger partial charge in [0.1, 0.15) is 5.82 Å². The molecule has 0 aliphatic carbocycles. The molecule has 0 saturated heterocycles. The van der Waals surface area contributed by atoms with E-state index >= 15 is 0 Å². The van der Waals surface area contributed by atoms with Crippen molar-refractivity contribution < 1.29 is 4.79 Å². The average molecular weight is 393 g/mol. The van der Waals surface area contributed by atoms with Gasteiger partial charge < -0.3 is 9.97 Å². The van der Waals surface area contributed by atoms with Crippen LogP contribution in [0.4, 0.5) is 0 Å². The van der Waals surface area contributed by atoms with Crippen LogP contribution in [0.5, 0.6) is 0 Å². The lowest BCUT2D eigenvalue weighted by atomic mass is 10.1. The van der Waals surface area contributed by atoms with Crippen molar-refractivity contribution >= 4 is 34.1 Å². The molecular weight excluding hydrogens is 374 g/mol. The molecule has 2 aromatic heterocycles. The number of nitrogens with zero attached hydrogens (tertiary/aromatic N) is 2. The molecule has 2 heterocycles.